The fraction of sp³-hybridized carbons (Fsp3) is 0.529. The summed E-state index contributed by atoms with van der Waals surface area (Å²) < 4.78 is 5.67. The summed E-state index contributed by atoms with van der Waals surface area (Å²) in [5.74, 6) is -0.839. The van der Waals surface area contributed by atoms with E-state index in [1.165, 1.54) is 0 Å². The molecule has 118 valence electrons. The lowest BCUT2D eigenvalue weighted by molar-refractivity contribution is -0.143. The monoisotopic (exact) mass is 303 g/mol. The molecule has 1 aromatic carbocycles. The van der Waals surface area contributed by atoms with Crippen molar-refractivity contribution in [2.24, 2.45) is 5.92 Å². The van der Waals surface area contributed by atoms with Gasteiger partial charge in [-0.15, -0.1) is 0 Å². The third-order valence-electron chi connectivity index (χ3n) is 5.06. The Labute approximate surface area is 129 Å². The summed E-state index contributed by atoms with van der Waals surface area (Å²) >= 11 is 0. The van der Waals surface area contributed by atoms with E-state index in [2.05, 4.69) is 0 Å². The summed E-state index contributed by atoms with van der Waals surface area (Å²) in [6.07, 6.45) is 0.523. The first-order valence-corrected chi connectivity index (χ1v) is 7.67. The van der Waals surface area contributed by atoms with Gasteiger partial charge in [-0.1, -0.05) is 6.07 Å². The molecule has 0 bridgehead atoms. The molecular formula is C17H21NO4. The summed E-state index contributed by atoms with van der Waals surface area (Å²) in [5.41, 5.74) is 3.21. The number of carboxylic acids is 1. The highest BCUT2D eigenvalue weighted by atomic mass is 16.5. The zero-order valence-corrected chi connectivity index (χ0v) is 13.1. The molecule has 3 rings (SSSR count). The first-order chi connectivity index (χ1) is 10.4. The topological polar surface area (TPSA) is 66.8 Å². The van der Waals surface area contributed by atoms with E-state index in [1.807, 2.05) is 32.9 Å². The van der Waals surface area contributed by atoms with Gasteiger partial charge in [0.2, 0.25) is 5.91 Å². The van der Waals surface area contributed by atoms with E-state index in [0.717, 1.165) is 22.4 Å². The first-order valence-electron chi connectivity index (χ1n) is 7.67. The lowest BCUT2D eigenvalue weighted by atomic mass is 9.95. The maximum absolute atomic E-state index is 12.8. The van der Waals surface area contributed by atoms with Gasteiger partial charge in [-0.3, -0.25) is 9.59 Å². The van der Waals surface area contributed by atoms with Crippen molar-refractivity contribution in [3.8, 4) is 5.75 Å². The van der Waals surface area contributed by atoms with Crippen LogP contribution in [-0.4, -0.2) is 41.1 Å². The van der Waals surface area contributed by atoms with Gasteiger partial charge in [0.1, 0.15) is 18.3 Å². The van der Waals surface area contributed by atoms with Crippen LogP contribution in [0.5, 0.6) is 5.75 Å². The largest absolute Gasteiger partial charge is 0.492 e. The molecule has 3 unspecified atom stereocenters. The average molecular weight is 303 g/mol. The molecule has 1 amide bonds. The van der Waals surface area contributed by atoms with Crippen molar-refractivity contribution in [2.45, 2.75) is 39.2 Å². The number of aryl methyl sites for hydroxylation is 2. The van der Waals surface area contributed by atoms with Gasteiger partial charge in [-0.2, -0.15) is 0 Å². The summed E-state index contributed by atoms with van der Waals surface area (Å²) in [4.78, 5) is 25.8. The fourth-order valence-electron chi connectivity index (χ4n) is 3.46. The number of carbonyl (C=O) groups is 2. The molecule has 1 aromatic rings. The number of carbonyl (C=O) groups excluding carboxylic acids is 1. The number of fused-ring (bicyclic) bond motifs is 1. The Bertz CT molecular complexity index is 640. The van der Waals surface area contributed by atoms with Crippen LogP contribution in [0.4, 0.5) is 0 Å². The lowest BCUT2D eigenvalue weighted by Crippen LogP contribution is -2.40. The molecular weight excluding hydrogens is 282 g/mol. The number of amides is 1. The smallest absolute Gasteiger partial charge is 0.308 e. The van der Waals surface area contributed by atoms with E-state index < -0.39 is 11.9 Å². The highest BCUT2D eigenvalue weighted by Gasteiger charge is 2.42. The van der Waals surface area contributed by atoms with Gasteiger partial charge in [0.25, 0.3) is 0 Å². The molecule has 1 N–H and O–H groups in total. The second kappa shape index (κ2) is 5.30. The van der Waals surface area contributed by atoms with Crippen LogP contribution in [0, 0.1) is 19.8 Å². The van der Waals surface area contributed by atoms with Crippen molar-refractivity contribution in [2.75, 3.05) is 13.2 Å². The van der Waals surface area contributed by atoms with E-state index in [0.29, 0.717) is 19.6 Å². The summed E-state index contributed by atoms with van der Waals surface area (Å²) in [6, 6.07) is 3.74. The highest BCUT2D eigenvalue weighted by Crippen LogP contribution is 2.38. The van der Waals surface area contributed by atoms with Crippen LogP contribution in [0.25, 0.3) is 0 Å². The molecule has 2 aliphatic rings. The second-order valence-electron chi connectivity index (χ2n) is 6.34. The van der Waals surface area contributed by atoms with Crippen molar-refractivity contribution < 1.29 is 19.4 Å². The van der Waals surface area contributed by atoms with Crippen LogP contribution in [0.3, 0.4) is 0 Å². The Hall–Kier alpha value is -2.04. The van der Waals surface area contributed by atoms with Gasteiger partial charge in [0.15, 0.2) is 0 Å². The molecule has 0 aromatic heterocycles. The zero-order valence-electron chi connectivity index (χ0n) is 13.1. The van der Waals surface area contributed by atoms with E-state index in [1.54, 1.807) is 4.90 Å². The number of carboxylic acid groups (broad SMARTS) is 1. The Balaban J connectivity index is 1.84. The maximum Gasteiger partial charge on any atom is 0.308 e. The molecule has 5 heteroatoms. The molecule has 2 heterocycles. The van der Waals surface area contributed by atoms with Crippen LogP contribution < -0.4 is 4.74 Å². The molecule has 22 heavy (non-hydrogen) atoms. The SMILES string of the molecule is Cc1cc2c(cc1C)C(C(=O)N1CCC(C(=O)O)C1C)CO2. The zero-order chi connectivity index (χ0) is 16.0. The molecule has 1 saturated heterocycles. The highest BCUT2D eigenvalue weighted by molar-refractivity contribution is 5.87. The Morgan fingerprint density at radius 1 is 1.27 bits per heavy atom. The predicted molar refractivity (Wildman–Crippen MR) is 81.1 cm³/mol. The Kier molecular flexibility index (Phi) is 3.59. The van der Waals surface area contributed by atoms with E-state index >= 15 is 0 Å². The van der Waals surface area contributed by atoms with Crippen LogP contribution in [0.2, 0.25) is 0 Å². The fourth-order valence-corrected chi connectivity index (χ4v) is 3.46. The normalized spacial score (nSPS) is 26.7. The van der Waals surface area contributed by atoms with E-state index in [9.17, 15) is 14.7 Å². The molecule has 2 aliphatic heterocycles. The van der Waals surface area contributed by atoms with Gasteiger partial charge >= 0.3 is 5.97 Å². The standard InChI is InChI=1S/C17H21NO4/c1-9-6-13-14(8-22-15(13)7-10(9)2)16(19)18-5-4-12(11(18)3)17(20)21/h6-7,11-12,14H,4-5,8H2,1-3H3,(H,20,21). The van der Waals surface area contributed by atoms with Gasteiger partial charge < -0.3 is 14.7 Å². The predicted octanol–water partition coefficient (Wildman–Crippen LogP) is 2.10. The van der Waals surface area contributed by atoms with Crippen LogP contribution in [0.15, 0.2) is 12.1 Å². The van der Waals surface area contributed by atoms with Crippen molar-refractivity contribution in [1.82, 2.24) is 4.90 Å². The third-order valence-corrected chi connectivity index (χ3v) is 5.06. The van der Waals surface area contributed by atoms with Crippen molar-refractivity contribution in [3.63, 3.8) is 0 Å². The molecule has 5 nitrogen and oxygen atoms in total. The summed E-state index contributed by atoms with van der Waals surface area (Å²) in [5, 5.41) is 9.21. The van der Waals surface area contributed by atoms with Gasteiger partial charge in [-0.05, 0) is 44.4 Å². The van der Waals surface area contributed by atoms with Crippen LogP contribution >= 0.6 is 0 Å². The van der Waals surface area contributed by atoms with Gasteiger partial charge in [0, 0.05) is 18.2 Å². The lowest BCUT2D eigenvalue weighted by Gasteiger charge is -2.26. The number of nitrogens with zero attached hydrogens (tertiary/aromatic N) is 1. The minimum Gasteiger partial charge on any atom is -0.492 e. The summed E-state index contributed by atoms with van der Waals surface area (Å²) in [7, 11) is 0. The van der Waals surface area contributed by atoms with Crippen molar-refractivity contribution in [1.29, 1.82) is 0 Å². The van der Waals surface area contributed by atoms with Gasteiger partial charge in [-0.25, -0.2) is 0 Å². The number of aliphatic carboxylic acids is 1. The second-order valence-corrected chi connectivity index (χ2v) is 6.34. The minimum atomic E-state index is -0.822. The number of hydrogen-bond donors (Lipinski definition) is 1. The number of ether oxygens (including phenoxy) is 1. The number of benzene rings is 1. The van der Waals surface area contributed by atoms with Crippen LogP contribution in [0.1, 0.15) is 36.0 Å². The molecule has 0 radical (unpaired) electrons. The molecule has 0 spiro atoms. The maximum atomic E-state index is 12.8. The van der Waals surface area contributed by atoms with Crippen molar-refractivity contribution >= 4 is 11.9 Å². The van der Waals surface area contributed by atoms with Crippen molar-refractivity contribution in [3.05, 3.63) is 28.8 Å². The molecule has 3 atom stereocenters. The number of rotatable bonds is 2. The van der Waals surface area contributed by atoms with Gasteiger partial charge in [0.05, 0.1) is 5.92 Å². The summed E-state index contributed by atoms with van der Waals surface area (Å²) in [6.45, 7) is 6.72. The first kappa shape index (κ1) is 14.9. The quantitative estimate of drug-likeness (QED) is 0.908. The molecule has 0 aliphatic carbocycles. The molecule has 0 saturated carbocycles. The van der Waals surface area contributed by atoms with Crippen LogP contribution in [-0.2, 0) is 9.59 Å². The third kappa shape index (κ3) is 2.25. The van der Waals surface area contributed by atoms with E-state index in [-0.39, 0.29) is 17.9 Å². The molecule has 1 fully saturated rings. The Morgan fingerprint density at radius 2 is 1.95 bits per heavy atom. The minimum absolute atomic E-state index is 0.0155. The average Bonchev–Trinajstić information content (AvgIpc) is 3.02. The number of hydrogen-bond acceptors (Lipinski definition) is 3. The van der Waals surface area contributed by atoms with E-state index in [4.69, 9.17) is 4.74 Å². The Morgan fingerprint density at radius 3 is 2.59 bits per heavy atom. The number of likely N-dealkylation sites (tertiary alicyclic amines) is 1.